The van der Waals surface area contributed by atoms with E-state index in [0.29, 0.717) is 0 Å². The second kappa shape index (κ2) is 5.65. The summed E-state index contributed by atoms with van der Waals surface area (Å²) in [4.78, 5) is 11.0. The van der Waals surface area contributed by atoms with Crippen LogP contribution < -0.4 is 11.1 Å². The number of nitrogens with two attached hydrogens (primary N) is 1. The van der Waals surface area contributed by atoms with Crippen LogP contribution in [-0.4, -0.2) is 25.3 Å². The van der Waals surface area contributed by atoms with Crippen LogP contribution in [0.2, 0.25) is 0 Å². The van der Waals surface area contributed by atoms with E-state index in [4.69, 9.17) is 5.73 Å². The van der Waals surface area contributed by atoms with Gasteiger partial charge in [-0.3, -0.25) is 0 Å². The molecule has 1 aliphatic rings. The van der Waals surface area contributed by atoms with Gasteiger partial charge in [-0.1, -0.05) is 12.2 Å². The van der Waals surface area contributed by atoms with Crippen LogP contribution in [0, 0.1) is 0 Å². The molecule has 4 heteroatoms. The van der Waals surface area contributed by atoms with E-state index in [2.05, 4.69) is 22.2 Å². The first-order valence-corrected chi connectivity index (χ1v) is 4.99. The van der Waals surface area contributed by atoms with Gasteiger partial charge in [-0.15, -0.1) is 0 Å². The van der Waals surface area contributed by atoms with Crippen molar-refractivity contribution in [2.75, 3.05) is 7.11 Å². The molecule has 0 aromatic carbocycles. The summed E-state index contributed by atoms with van der Waals surface area (Å²) < 4.78 is 4.55. The quantitative estimate of drug-likeness (QED) is 0.621. The smallest absolute Gasteiger partial charge is 0.407 e. The highest BCUT2D eigenvalue weighted by Gasteiger charge is 2.19. The Morgan fingerprint density at radius 1 is 1.57 bits per heavy atom. The van der Waals surface area contributed by atoms with Gasteiger partial charge in [-0.05, 0) is 25.7 Å². The van der Waals surface area contributed by atoms with Crippen molar-refractivity contribution >= 4 is 6.09 Å². The lowest BCUT2D eigenvalue weighted by Gasteiger charge is -2.24. The van der Waals surface area contributed by atoms with E-state index in [-0.39, 0.29) is 12.1 Å². The van der Waals surface area contributed by atoms with Crippen LogP contribution in [0.1, 0.15) is 25.7 Å². The molecule has 80 valence electrons. The molecule has 1 aliphatic carbocycles. The van der Waals surface area contributed by atoms with E-state index in [1.54, 1.807) is 0 Å². The molecule has 0 aromatic heterocycles. The SMILES string of the molecule is COC(=O)N[C@@H]1CCC/C=C/C[C@H]1N. The highest BCUT2D eigenvalue weighted by atomic mass is 16.5. The summed E-state index contributed by atoms with van der Waals surface area (Å²) in [6.45, 7) is 0. The molecule has 0 bridgehead atoms. The molecule has 3 N–H and O–H groups in total. The summed E-state index contributed by atoms with van der Waals surface area (Å²) in [5.74, 6) is 0. The van der Waals surface area contributed by atoms with Crippen molar-refractivity contribution in [1.82, 2.24) is 5.32 Å². The molecule has 0 radical (unpaired) electrons. The normalized spacial score (nSPS) is 29.9. The standard InChI is InChI=1S/C10H18N2O2/c1-14-10(13)12-9-7-5-3-2-4-6-8(9)11/h2,4,8-9H,3,5-7,11H2,1H3,(H,12,13)/b4-2+/t8-,9-/m1/s1. The molecule has 0 saturated carbocycles. The molecule has 0 aromatic rings. The third kappa shape index (κ3) is 3.38. The summed E-state index contributed by atoms with van der Waals surface area (Å²) in [7, 11) is 1.36. The molecule has 14 heavy (non-hydrogen) atoms. The number of carbonyl (C=O) groups excluding carboxylic acids is 1. The van der Waals surface area contributed by atoms with E-state index < -0.39 is 6.09 Å². The minimum atomic E-state index is -0.394. The van der Waals surface area contributed by atoms with Crippen LogP contribution in [0.15, 0.2) is 12.2 Å². The third-order valence-corrected chi connectivity index (χ3v) is 2.47. The summed E-state index contributed by atoms with van der Waals surface area (Å²) in [6, 6.07) is 0.0260. The Bertz CT molecular complexity index is 216. The number of alkyl carbamates (subject to hydrolysis) is 1. The van der Waals surface area contributed by atoms with E-state index in [1.807, 2.05) is 0 Å². The predicted octanol–water partition coefficient (Wildman–Crippen LogP) is 1.17. The number of allylic oxidation sites excluding steroid dienone is 1. The van der Waals surface area contributed by atoms with Crippen molar-refractivity contribution in [2.45, 2.75) is 37.8 Å². The Kier molecular flexibility index (Phi) is 4.46. The predicted molar refractivity (Wildman–Crippen MR) is 54.9 cm³/mol. The van der Waals surface area contributed by atoms with Crippen LogP contribution in [-0.2, 0) is 4.74 Å². The summed E-state index contributed by atoms with van der Waals surface area (Å²) >= 11 is 0. The molecule has 0 unspecified atom stereocenters. The maximum Gasteiger partial charge on any atom is 0.407 e. The van der Waals surface area contributed by atoms with Crippen LogP contribution in [0.5, 0.6) is 0 Å². The van der Waals surface area contributed by atoms with E-state index in [0.717, 1.165) is 25.7 Å². The molecule has 1 rings (SSSR count). The van der Waals surface area contributed by atoms with Gasteiger partial charge < -0.3 is 15.8 Å². The molecular weight excluding hydrogens is 180 g/mol. The highest BCUT2D eigenvalue weighted by molar-refractivity contribution is 5.67. The zero-order chi connectivity index (χ0) is 10.4. The Morgan fingerprint density at radius 3 is 3.07 bits per heavy atom. The van der Waals surface area contributed by atoms with Crippen molar-refractivity contribution in [1.29, 1.82) is 0 Å². The minimum Gasteiger partial charge on any atom is -0.453 e. The fourth-order valence-corrected chi connectivity index (χ4v) is 1.59. The van der Waals surface area contributed by atoms with Crippen LogP contribution in [0.25, 0.3) is 0 Å². The van der Waals surface area contributed by atoms with Crippen molar-refractivity contribution in [2.24, 2.45) is 5.73 Å². The van der Waals surface area contributed by atoms with Crippen LogP contribution >= 0.6 is 0 Å². The monoisotopic (exact) mass is 198 g/mol. The van der Waals surface area contributed by atoms with E-state index >= 15 is 0 Å². The van der Waals surface area contributed by atoms with Crippen molar-refractivity contribution in [3.05, 3.63) is 12.2 Å². The van der Waals surface area contributed by atoms with Crippen LogP contribution in [0.3, 0.4) is 0 Å². The molecule has 1 amide bonds. The van der Waals surface area contributed by atoms with Crippen LogP contribution in [0.4, 0.5) is 4.79 Å². The largest absolute Gasteiger partial charge is 0.453 e. The summed E-state index contributed by atoms with van der Waals surface area (Å²) in [6.07, 6.45) is 7.68. The highest BCUT2D eigenvalue weighted by Crippen LogP contribution is 2.11. The molecule has 0 fully saturated rings. The Balaban J connectivity index is 2.47. The van der Waals surface area contributed by atoms with Crippen molar-refractivity contribution in [3.63, 3.8) is 0 Å². The lowest BCUT2D eigenvalue weighted by Crippen LogP contribution is -2.47. The fraction of sp³-hybridized carbons (Fsp3) is 0.700. The van der Waals surface area contributed by atoms with Gasteiger partial charge in [0, 0.05) is 12.1 Å². The molecule has 0 heterocycles. The molecule has 0 aliphatic heterocycles. The Hall–Kier alpha value is -1.03. The molecule has 4 nitrogen and oxygen atoms in total. The average molecular weight is 198 g/mol. The zero-order valence-corrected chi connectivity index (χ0v) is 8.53. The van der Waals surface area contributed by atoms with Gasteiger partial charge in [0.2, 0.25) is 0 Å². The number of nitrogens with one attached hydrogen (secondary N) is 1. The summed E-state index contributed by atoms with van der Waals surface area (Å²) in [5.41, 5.74) is 5.93. The van der Waals surface area contributed by atoms with Crippen molar-refractivity contribution in [3.8, 4) is 0 Å². The molecule has 2 atom stereocenters. The van der Waals surface area contributed by atoms with E-state index in [9.17, 15) is 4.79 Å². The average Bonchev–Trinajstić information content (AvgIpc) is 2.17. The number of hydrogen-bond donors (Lipinski definition) is 2. The second-order valence-electron chi connectivity index (χ2n) is 3.54. The third-order valence-electron chi connectivity index (χ3n) is 2.47. The molecule has 0 saturated heterocycles. The maximum absolute atomic E-state index is 11.0. The minimum absolute atomic E-state index is 0.00866. The first-order chi connectivity index (χ1) is 6.74. The van der Waals surface area contributed by atoms with Gasteiger partial charge in [0.15, 0.2) is 0 Å². The zero-order valence-electron chi connectivity index (χ0n) is 8.53. The topological polar surface area (TPSA) is 64.3 Å². The number of ether oxygens (including phenoxy) is 1. The number of methoxy groups -OCH3 is 1. The lowest BCUT2D eigenvalue weighted by molar-refractivity contribution is 0.163. The van der Waals surface area contributed by atoms with Crippen molar-refractivity contribution < 1.29 is 9.53 Å². The van der Waals surface area contributed by atoms with Gasteiger partial charge in [0.05, 0.1) is 7.11 Å². The first-order valence-electron chi connectivity index (χ1n) is 4.99. The lowest BCUT2D eigenvalue weighted by atomic mass is 9.97. The first kappa shape index (κ1) is 11.0. The summed E-state index contributed by atoms with van der Waals surface area (Å²) in [5, 5.41) is 2.77. The molecular formula is C10H18N2O2. The number of amides is 1. The number of rotatable bonds is 1. The molecule has 0 spiro atoms. The second-order valence-corrected chi connectivity index (χ2v) is 3.54. The fourth-order valence-electron chi connectivity index (χ4n) is 1.59. The maximum atomic E-state index is 11.0. The number of carbonyl (C=O) groups is 1. The van der Waals surface area contributed by atoms with Gasteiger partial charge in [0.25, 0.3) is 0 Å². The Labute approximate surface area is 84.5 Å². The van der Waals surface area contributed by atoms with Gasteiger partial charge in [0.1, 0.15) is 0 Å². The number of hydrogen-bond acceptors (Lipinski definition) is 3. The van der Waals surface area contributed by atoms with Gasteiger partial charge in [-0.2, -0.15) is 0 Å². The van der Waals surface area contributed by atoms with E-state index in [1.165, 1.54) is 7.11 Å². The Morgan fingerprint density at radius 2 is 2.36 bits per heavy atom. The van der Waals surface area contributed by atoms with Gasteiger partial charge in [-0.25, -0.2) is 4.79 Å². The van der Waals surface area contributed by atoms with Gasteiger partial charge >= 0.3 is 6.09 Å².